The van der Waals surface area contributed by atoms with Gasteiger partial charge in [-0.2, -0.15) is 0 Å². The fraction of sp³-hybridized carbons (Fsp3) is 0.0385. The van der Waals surface area contributed by atoms with E-state index >= 15 is 0 Å². The first-order valence-electron chi connectivity index (χ1n) is 10.2. The number of dihydropyridines is 1. The summed E-state index contributed by atoms with van der Waals surface area (Å²) in [7, 11) is 0. The van der Waals surface area contributed by atoms with Crippen LogP contribution in [-0.2, 0) is 10.2 Å². The van der Waals surface area contributed by atoms with Gasteiger partial charge in [0.05, 0.1) is 11.4 Å². The Morgan fingerprint density at radius 1 is 0.656 bits per heavy atom. The summed E-state index contributed by atoms with van der Waals surface area (Å²) in [5, 5.41) is 6.34. The number of nitrogens with one attached hydrogen (secondary N) is 2. The fourth-order valence-corrected chi connectivity index (χ4v) is 5.92. The summed E-state index contributed by atoms with van der Waals surface area (Å²) in [4.78, 5) is 41.4. The van der Waals surface area contributed by atoms with Gasteiger partial charge >= 0.3 is 0 Å². The largest absolute Gasteiger partial charge is 0.354 e. The van der Waals surface area contributed by atoms with Crippen molar-refractivity contribution >= 4 is 50.5 Å². The lowest BCUT2D eigenvalue weighted by atomic mass is 9.65. The first-order chi connectivity index (χ1) is 15.5. The Bertz CT molecular complexity index is 1470. The highest BCUT2D eigenvalue weighted by atomic mass is 79.9. The molecule has 0 saturated heterocycles. The molecule has 32 heavy (non-hydrogen) atoms. The summed E-state index contributed by atoms with van der Waals surface area (Å²) >= 11 is 3.51. The second kappa shape index (κ2) is 5.72. The van der Waals surface area contributed by atoms with Gasteiger partial charge in [0.1, 0.15) is 5.41 Å². The van der Waals surface area contributed by atoms with Gasteiger partial charge in [-0.05, 0) is 18.2 Å². The Hall–Kier alpha value is -3.77. The van der Waals surface area contributed by atoms with Crippen LogP contribution < -0.4 is 10.6 Å². The third-order valence-corrected chi connectivity index (χ3v) is 7.30. The zero-order valence-corrected chi connectivity index (χ0v) is 18.0. The van der Waals surface area contributed by atoms with Gasteiger partial charge in [0, 0.05) is 49.1 Å². The number of rotatable bonds is 0. The van der Waals surface area contributed by atoms with E-state index in [2.05, 4.69) is 26.6 Å². The van der Waals surface area contributed by atoms with Crippen LogP contribution in [0.1, 0.15) is 37.4 Å². The van der Waals surface area contributed by atoms with Gasteiger partial charge in [0.2, 0.25) is 5.91 Å². The van der Waals surface area contributed by atoms with E-state index < -0.39 is 5.41 Å². The molecule has 152 valence electrons. The zero-order chi connectivity index (χ0) is 21.8. The molecular formula is C26H13BrN2O3. The van der Waals surface area contributed by atoms with Crippen LogP contribution in [0.3, 0.4) is 0 Å². The monoisotopic (exact) mass is 480 g/mol. The molecule has 7 rings (SSSR count). The fourth-order valence-electron chi connectivity index (χ4n) is 5.56. The summed E-state index contributed by atoms with van der Waals surface area (Å²) in [5.74, 6) is -0.850. The maximum absolute atomic E-state index is 13.9. The van der Waals surface area contributed by atoms with Gasteiger partial charge in [0.15, 0.2) is 11.6 Å². The van der Waals surface area contributed by atoms with E-state index in [0.29, 0.717) is 44.9 Å². The molecule has 5 nitrogen and oxygen atoms in total. The van der Waals surface area contributed by atoms with E-state index in [1.807, 2.05) is 48.5 Å². The molecule has 2 aliphatic heterocycles. The van der Waals surface area contributed by atoms with Crippen molar-refractivity contribution in [2.75, 3.05) is 5.32 Å². The molecule has 4 aliphatic rings. The van der Waals surface area contributed by atoms with E-state index in [1.165, 1.54) is 0 Å². The minimum absolute atomic E-state index is 0.235. The molecule has 2 aliphatic carbocycles. The van der Waals surface area contributed by atoms with Crippen LogP contribution in [0.15, 0.2) is 82.3 Å². The average Bonchev–Trinajstić information content (AvgIpc) is 3.37. The van der Waals surface area contributed by atoms with Crippen molar-refractivity contribution in [3.05, 3.63) is 110 Å². The predicted octanol–water partition coefficient (Wildman–Crippen LogP) is 4.46. The van der Waals surface area contributed by atoms with Crippen molar-refractivity contribution < 1.29 is 14.4 Å². The van der Waals surface area contributed by atoms with Gasteiger partial charge in [-0.1, -0.05) is 64.5 Å². The number of carbonyl (C=O) groups excluding carboxylic acids is 3. The molecule has 1 amide bonds. The number of carbonyl (C=O) groups is 3. The van der Waals surface area contributed by atoms with Crippen LogP contribution in [0, 0.1) is 0 Å². The number of hydrogen-bond acceptors (Lipinski definition) is 4. The highest BCUT2D eigenvalue weighted by Gasteiger charge is 2.63. The van der Waals surface area contributed by atoms with Crippen molar-refractivity contribution in [3.8, 4) is 0 Å². The number of amides is 1. The van der Waals surface area contributed by atoms with E-state index in [1.54, 1.807) is 18.2 Å². The van der Waals surface area contributed by atoms with Gasteiger partial charge in [-0.25, -0.2) is 0 Å². The normalized spacial score (nSPS) is 18.8. The standard InChI is InChI=1S/C26H13BrN2O3/c27-12-9-10-18-17(11-12)26(25(32)28-18)19-21(13-5-1-3-7-15(13)23(19)30)29-22-14-6-2-4-8-16(14)24(31)20(22)26/h1-11,29H,(H,28,32). The number of anilines is 1. The second-order valence-electron chi connectivity index (χ2n) is 8.27. The third-order valence-electron chi connectivity index (χ3n) is 6.81. The Labute approximate surface area is 191 Å². The van der Waals surface area contributed by atoms with E-state index in [4.69, 9.17) is 0 Å². The topological polar surface area (TPSA) is 75.3 Å². The predicted molar refractivity (Wildman–Crippen MR) is 123 cm³/mol. The highest BCUT2D eigenvalue weighted by Crippen LogP contribution is 2.59. The number of ketones is 2. The molecule has 6 heteroatoms. The average molecular weight is 481 g/mol. The lowest BCUT2D eigenvalue weighted by Gasteiger charge is -2.35. The van der Waals surface area contributed by atoms with Crippen LogP contribution in [0.25, 0.3) is 11.4 Å². The molecule has 0 unspecified atom stereocenters. The van der Waals surface area contributed by atoms with Crippen molar-refractivity contribution in [3.63, 3.8) is 0 Å². The Kier molecular flexibility index (Phi) is 3.19. The molecule has 0 atom stereocenters. The molecule has 0 radical (unpaired) electrons. The molecule has 3 aromatic rings. The lowest BCUT2D eigenvalue weighted by Crippen LogP contribution is -2.46. The summed E-state index contributed by atoms with van der Waals surface area (Å²) in [6.45, 7) is 0. The highest BCUT2D eigenvalue weighted by molar-refractivity contribution is 9.10. The maximum atomic E-state index is 13.9. The van der Waals surface area contributed by atoms with Crippen LogP contribution >= 0.6 is 15.9 Å². The lowest BCUT2D eigenvalue weighted by molar-refractivity contribution is -0.118. The van der Waals surface area contributed by atoms with E-state index in [-0.39, 0.29) is 17.5 Å². The molecular weight excluding hydrogens is 468 g/mol. The first-order valence-corrected chi connectivity index (χ1v) is 11.0. The van der Waals surface area contributed by atoms with Gasteiger partial charge in [-0.15, -0.1) is 0 Å². The Morgan fingerprint density at radius 2 is 1.19 bits per heavy atom. The summed E-state index contributed by atoms with van der Waals surface area (Å²) in [6.07, 6.45) is 0. The molecule has 2 heterocycles. The van der Waals surface area contributed by atoms with Crippen LogP contribution in [0.2, 0.25) is 0 Å². The number of Topliss-reactive ketones (excluding diaryl/α,β-unsaturated/α-hetero) is 2. The minimum atomic E-state index is -1.53. The molecule has 3 aromatic carbocycles. The minimum Gasteiger partial charge on any atom is -0.354 e. The summed E-state index contributed by atoms with van der Waals surface area (Å²) < 4.78 is 0.765. The quantitative estimate of drug-likeness (QED) is 0.498. The number of benzene rings is 3. The molecule has 2 N–H and O–H groups in total. The smallest absolute Gasteiger partial charge is 0.244 e. The maximum Gasteiger partial charge on any atom is 0.244 e. The van der Waals surface area contributed by atoms with E-state index in [9.17, 15) is 14.4 Å². The SMILES string of the molecule is O=C1C2=C(NC3=C(C(=O)c4ccccc43)C23C(=O)Nc2ccc(Br)cc23)c2ccccc21. The van der Waals surface area contributed by atoms with Gasteiger partial charge in [0.25, 0.3) is 0 Å². The van der Waals surface area contributed by atoms with Crippen molar-refractivity contribution in [1.82, 2.24) is 5.32 Å². The molecule has 0 aromatic heterocycles. The van der Waals surface area contributed by atoms with Crippen LogP contribution in [0.4, 0.5) is 5.69 Å². The zero-order valence-electron chi connectivity index (χ0n) is 16.5. The van der Waals surface area contributed by atoms with E-state index in [0.717, 1.165) is 15.6 Å². The van der Waals surface area contributed by atoms with Crippen molar-refractivity contribution in [1.29, 1.82) is 0 Å². The number of halogens is 1. The third kappa shape index (κ3) is 1.84. The van der Waals surface area contributed by atoms with Crippen LogP contribution in [-0.4, -0.2) is 17.5 Å². The molecule has 0 saturated carbocycles. The number of fused-ring (bicyclic) bond motifs is 8. The second-order valence-corrected chi connectivity index (χ2v) is 9.18. The number of hydrogen-bond donors (Lipinski definition) is 2. The first kappa shape index (κ1) is 17.9. The van der Waals surface area contributed by atoms with Crippen LogP contribution in [0.5, 0.6) is 0 Å². The van der Waals surface area contributed by atoms with Crippen molar-refractivity contribution in [2.45, 2.75) is 5.41 Å². The molecule has 1 spiro atoms. The van der Waals surface area contributed by atoms with Gasteiger partial charge in [-0.3, -0.25) is 14.4 Å². The Balaban J connectivity index is 1.64. The molecule has 0 fully saturated rings. The van der Waals surface area contributed by atoms with Gasteiger partial charge < -0.3 is 10.6 Å². The summed E-state index contributed by atoms with van der Waals surface area (Å²) in [5.41, 5.74) is 4.05. The van der Waals surface area contributed by atoms with Crippen molar-refractivity contribution in [2.24, 2.45) is 0 Å². The Morgan fingerprint density at radius 3 is 1.75 bits per heavy atom. The molecule has 0 bridgehead atoms. The summed E-state index contributed by atoms with van der Waals surface area (Å²) in [6, 6.07) is 20.1.